The number of primary amides is 1. The minimum absolute atomic E-state index is 0.0241. The van der Waals surface area contributed by atoms with Crippen molar-refractivity contribution in [2.75, 3.05) is 45.1 Å². The van der Waals surface area contributed by atoms with Crippen LogP contribution in [0.5, 0.6) is 5.75 Å². The molecule has 226 valence electrons. The van der Waals surface area contributed by atoms with Crippen LogP contribution in [0, 0.1) is 17.7 Å². The molecule has 4 atom stereocenters. The van der Waals surface area contributed by atoms with Gasteiger partial charge in [-0.1, -0.05) is 0 Å². The number of phenols is 1. The SMILES string of the molecule is CNCCN[C@H]1C(=O)C(C(N)=O)=C(O)[C@@]2(O)C(=O)C3=C(O)c4c(O)c(NC(=O)CN5CCCC5)cc(F)c4C[C@H]3C[C@@H]12. The van der Waals surface area contributed by atoms with Crippen LogP contribution < -0.4 is 21.7 Å². The summed E-state index contributed by atoms with van der Waals surface area (Å²) in [4.78, 5) is 53.8. The van der Waals surface area contributed by atoms with E-state index in [9.17, 15) is 39.6 Å². The van der Waals surface area contributed by atoms with Gasteiger partial charge in [-0.2, -0.15) is 0 Å². The number of nitrogens with two attached hydrogens (primary N) is 1. The van der Waals surface area contributed by atoms with Crippen molar-refractivity contribution < 1.29 is 44.0 Å². The van der Waals surface area contributed by atoms with Crippen LogP contribution in [0.2, 0.25) is 0 Å². The van der Waals surface area contributed by atoms with E-state index in [0.29, 0.717) is 6.54 Å². The van der Waals surface area contributed by atoms with Gasteiger partial charge in [-0.05, 0) is 51.7 Å². The Morgan fingerprint density at radius 2 is 1.86 bits per heavy atom. The number of halogens is 1. The fourth-order valence-corrected chi connectivity index (χ4v) is 6.72. The average Bonchev–Trinajstić information content (AvgIpc) is 3.43. The molecule has 3 aliphatic carbocycles. The summed E-state index contributed by atoms with van der Waals surface area (Å²) in [5, 5.41) is 53.2. The van der Waals surface area contributed by atoms with Crippen molar-refractivity contribution in [3.05, 3.63) is 39.9 Å². The number of carbonyl (C=O) groups is 4. The molecular formula is C28H34FN5O8. The molecule has 0 aromatic heterocycles. The Hall–Kier alpha value is -3.85. The van der Waals surface area contributed by atoms with Gasteiger partial charge in [0.25, 0.3) is 5.91 Å². The summed E-state index contributed by atoms with van der Waals surface area (Å²) >= 11 is 0. The average molecular weight is 588 g/mol. The third-order valence-electron chi connectivity index (χ3n) is 8.72. The largest absolute Gasteiger partial charge is 0.508 e. The van der Waals surface area contributed by atoms with Gasteiger partial charge in [-0.15, -0.1) is 0 Å². The number of phenolic OH excluding ortho intramolecular Hbond substituents is 1. The van der Waals surface area contributed by atoms with E-state index in [1.54, 1.807) is 7.05 Å². The minimum atomic E-state index is -2.82. The summed E-state index contributed by atoms with van der Waals surface area (Å²) in [7, 11) is 1.67. The molecule has 9 N–H and O–H groups in total. The van der Waals surface area contributed by atoms with Gasteiger partial charge < -0.3 is 42.1 Å². The van der Waals surface area contributed by atoms with E-state index in [1.807, 2.05) is 4.90 Å². The molecule has 0 unspecified atom stereocenters. The number of likely N-dealkylation sites (N-methyl/N-ethyl adjacent to an activating group) is 1. The highest BCUT2D eigenvalue weighted by molar-refractivity contribution is 6.24. The lowest BCUT2D eigenvalue weighted by atomic mass is 9.57. The summed E-state index contributed by atoms with van der Waals surface area (Å²) in [6.07, 6.45) is 1.53. The molecule has 4 aliphatic rings. The number of aromatic hydroxyl groups is 1. The number of ketones is 2. The number of benzene rings is 1. The molecule has 1 aliphatic heterocycles. The number of anilines is 1. The van der Waals surface area contributed by atoms with E-state index in [2.05, 4.69) is 16.0 Å². The molecule has 2 fully saturated rings. The number of hydrogen-bond donors (Lipinski definition) is 8. The van der Waals surface area contributed by atoms with Gasteiger partial charge in [-0.3, -0.25) is 24.1 Å². The second-order valence-corrected chi connectivity index (χ2v) is 11.2. The number of nitrogens with one attached hydrogen (secondary N) is 3. The molecule has 42 heavy (non-hydrogen) atoms. The Morgan fingerprint density at radius 3 is 2.50 bits per heavy atom. The Bertz CT molecular complexity index is 1440. The Morgan fingerprint density at radius 1 is 1.17 bits per heavy atom. The number of aliphatic hydroxyl groups excluding tert-OH is 2. The first-order valence-corrected chi connectivity index (χ1v) is 13.8. The summed E-state index contributed by atoms with van der Waals surface area (Å²) in [6.45, 7) is 2.06. The topological polar surface area (TPSA) is 215 Å². The lowest BCUT2D eigenvalue weighted by molar-refractivity contribution is -0.150. The number of hydrogen-bond acceptors (Lipinski definition) is 11. The van der Waals surface area contributed by atoms with Crippen LogP contribution in [0.4, 0.5) is 10.1 Å². The van der Waals surface area contributed by atoms with Crippen LogP contribution in [0.3, 0.4) is 0 Å². The molecule has 0 radical (unpaired) electrons. The summed E-state index contributed by atoms with van der Waals surface area (Å²) in [5.74, 6) is -9.74. The highest BCUT2D eigenvalue weighted by atomic mass is 19.1. The normalized spacial score (nSPS) is 27.5. The molecule has 1 saturated heterocycles. The summed E-state index contributed by atoms with van der Waals surface area (Å²) < 4.78 is 15.4. The summed E-state index contributed by atoms with van der Waals surface area (Å²) in [6, 6.07) is -0.364. The zero-order chi connectivity index (χ0) is 30.5. The molecular weight excluding hydrogens is 553 g/mol. The van der Waals surface area contributed by atoms with Gasteiger partial charge in [0, 0.05) is 36.2 Å². The predicted octanol–water partition coefficient (Wildman–Crippen LogP) is -0.615. The zero-order valence-electron chi connectivity index (χ0n) is 23.0. The van der Waals surface area contributed by atoms with Crippen molar-refractivity contribution in [2.24, 2.45) is 17.6 Å². The second kappa shape index (κ2) is 11.1. The maximum absolute atomic E-state index is 15.4. The van der Waals surface area contributed by atoms with Crippen LogP contribution in [-0.4, -0.2) is 100 Å². The molecule has 1 heterocycles. The highest BCUT2D eigenvalue weighted by Gasteiger charge is 2.63. The first-order chi connectivity index (χ1) is 19.9. The van der Waals surface area contributed by atoms with Gasteiger partial charge in [0.2, 0.25) is 11.7 Å². The van der Waals surface area contributed by atoms with E-state index in [1.165, 1.54) is 0 Å². The van der Waals surface area contributed by atoms with E-state index in [-0.39, 0.29) is 37.2 Å². The van der Waals surface area contributed by atoms with Gasteiger partial charge in [-0.25, -0.2) is 4.39 Å². The van der Waals surface area contributed by atoms with Gasteiger partial charge in [0.05, 0.1) is 23.8 Å². The number of Topliss-reactive ketones (excluding diaryl/α,β-unsaturated/α-hetero) is 2. The van der Waals surface area contributed by atoms with Gasteiger partial charge >= 0.3 is 0 Å². The lowest BCUT2D eigenvalue weighted by Crippen LogP contribution is -2.66. The number of amides is 2. The van der Waals surface area contributed by atoms with Crippen molar-refractivity contribution >= 4 is 34.8 Å². The number of likely N-dealkylation sites (tertiary alicyclic amines) is 1. The molecule has 2 amide bonds. The van der Waals surface area contributed by atoms with E-state index < -0.39 is 86.7 Å². The third-order valence-corrected chi connectivity index (χ3v) is 8.72. The Kier molecular flexibility index (Phi) is 7.83. The maximum atomic E-state index is 15.4. The molecule has 13 nitrogen and oxygen atoms in total. The van der Waals surface area contributed by atoms with Crippen LogP contribution in [0.1, 0.15) is 30.4 Å². The fraction of sp³-hybridized carbons (Fsp3) is 0.500. The third kappa shape index (κ3) is 4.64. The number of carbonyl (C=O) groups excluding carboxylic acids is 4. The number of rotatable bonds is 8. The van der Waals surface area contributed by atoms with Crippen molar-refractivity contribution in [1.29, 1.82) is 0 Å². The van der Waals surface area contributed by atoms with Crippen molar-refractivity contribution in [2.45, 2.75) is 37.3 Å². The molecule has 0 spiro atoms. The molecule has 1 aromatic carbocycles. The minimum Gasteiger partial charge on any atom is -0.508 e. The summed E-state index contributed by atoms with van der Waals surface area (Å²) in [5.41, 5.74) is 0.332. The van der Waals surface area contributed by atoms with Crippen LogP contribution >= 0.6 is 0 Å². The second-order valence-electron chi connectivity index (χ2n) is 11.2. The van der Waals surface area contributed by atoms with Gasteiger partial charge in [0.1, 0.15) is 22.9 Å². The predicted molar refractivity (Wildman–Crippen MR) is 147 cm³/mol. The molecule has 14 heteroatoms. The van der Waals surface area contributed by atoms with Crippen LogP contribution in [0.15, 0.2) is 23.0 Å². The fourth-order valence-electron chi connectivity index (χ4n) is 6.72. The molecule has 1 aromatic rings. The number of nitrogens with zero attached hydrogens (tertiary/aromatic N) is 1. The first kappa shape index (κ1) is 29.6. The highest BCUT2D eigenvalue weighted by Crippen LogP contribution is 2.53. The van der Waals surface area contributed by atoms with Crippen LogP contribution in [-0.2, 0) is 25.6 Å². The quantitative estimate of drug-likeness (QED) is 0.109. The standard InChI is InChI=1S/C28H34FN5O8/c1-31-4-5-32-21-14-9-12-8-13-15(29)10-16(33-17(35)11-34-6-2-3-7-34)22(36)19(13)23(37)18(12)25(39)28(14,42)26(40)20(24(21)38)27(30)41/h10,12,14,21,31-32,36-37,40,42H,2-9,11H2,1H3,(H2,30,41)(H,33,35)/t12-,14-,21+,28-/m0/s1. The Labute approximate surface area is 240 Å². The maximum Gasteiger partial charge on any atom is 0.255 e. The number of fused-ring (bicyclic) bond motifs is 3. The Balaban J connectivity index is 1.56. The molecule has 1 saturated carbocycles. The van der Waals surface area contributed by atoms with E-state index in [0.717, 1.165) is 32.0 Å². The number of aliphatic hydroxyl groups is 3. The smallest absolute Gasteiger partial charge is 0.255 e. The van der Waals surface area contributed by atoms with Crippen molar-refractivity contribution in [3.8, 4) is 5.75 Å². The zero-order valence-corrected chi connectivity index (χ0v) is 23.0. The monoisotopic (exact) mass is 587 g/mol. The van der Waals surface area contributed by atoms with E-state index in [4.69, 9.17) is 5.73 Å². The van der Waals surface area contributed by atoms with E-state index >= 15 is 4.39 Å². The first-order valence-electron chi connectivity index (χ1n) is 13.8. The van der Waals surface area contributed by atoms with Crippen LogP contribution in [0.25, 0.3) is 5.76 Å². The van der Waals surface area contributed by atoms with Gasteiger partial charge in [0.15, 0.2) is 17.1 Å². The molecule has 5 rings (SSSR count). The lowest BCUT2D eigenvalue weighted by Gasteiger charge is -2.49. The van der Waals surface area contributed by atoms with Crippen molar-refractivity contribution in [3.63, 3.8) is 0 Å². The van der Waals surface area contributed by atoms with Crippen molar-refractivity contribution in [1.82, 2.24) is 15.5 Å². The molecule has 0 bridgehead atoms.